The van der Waals surface area contributed by atoms with Gasteiger partial charge in [0.1, 0.15) is 16.9 Å². The third kappa shape index (κ3) is 2.63. The van der Waals surface area contributed by atoms with Gasteiger partial charge in [-0.3, -0.25) is 9.59 Å². The van der Waals surface area contributed by atoms with Crippen LogP contribution >= 0.6 is 0 Å². The molecule has 4 rings (SSSR count). The van der Waals surface area contributed by atoms with Crippen LogP contribution in [0, 0.1) is 0 Å². The Balaban J connectivity index is 1.78. The molecular formula is C19H14N2O4. The van der Waals surface area contributed by atoms with Crippen LogP contribution < -0.4 is 15.6 Å². The van der Waals surface area contributed by atoms with Crippen molar-refractivity contribution in [3.63, 3.8) is 0 Å². The number of benzene rings is 2. The minimum absolute atomic E-state index is 0.266. The summed E-state index contributed by atoms with van der Waals surface area (Å²) >= 11 is 0. The zero-order chi connectivity index (χ0) is 17.4. The number of hydrogen-bond donors (Lipinski definition) is 2. The number of carbonyl (C=O) groups excluding carboxylic acids is 1. The number of fused-ring (bicyclic) bond motifs is 3. The predicted octanol–water partition coefficient (Wildman–Crippen LogP) is 3.54. The summed E-state index contributed by atoms with van der Waals surface area (Å²) in [4.78, 5) is 26.0. The van der Waals surface area contributed by atoms with E-state index in [0.717, 1.165) is 16.4 Å². The molecule has 0 fully saturated rings. The molecule has 0 bridgehead atoms. The molecule has 0 atom stereocenters. The number of rotatable bonds is 3. The first-order chi connectivity index (χ1) is 12.2. The molecule has 2 N–H and O–H groups in total. The number of aromatic nitrogens is 1. The van der Waals surface area contributed by atoms with Crippen molar-refractivity contribution in [3.8, 4) is 5.75 Å². The van der Waals surface area contributed by atoms with Gasteiger partial charge in [0.05, 0.1) is 18.4 Å². The summed E-state index contributed by atoms with van der Waals surface area (Å²) in [6, 6.07) is 14.0. The number of anilines is 1. The fraction of sp³-hybridized carbons (Fsp3) is 0.0526. The van der Waals surface area contributed by atoms with Crippen molar-refractivity contribution in [2.75, 3.05) is 12.4 Å². The van der Waals surface area contributed by atoms with Crippen LogP contribution in [-0.4, -0.2) is 18.0 Å². The van der Waals surface area contributed by atoms with Crippen LogP contribution in [0.3, 0.4) is 0 Å². The van der Waals surface area contributed by atoms with Gasteiger partial charge in [-0.1, -0.05) is 18.2 Å². The topological polar surface area (TPSA) is 84.3 Å². The molecule has 0 radical (unpaired) electrons. The molecule has 2 heterocycles. The van der Waals surface area contributed by atoms with Gasteiger partial charge >= 0.3 is 0 Å². The molecule has 0 saturated carbocycles. The second-order valence-electron chi connectivity index (χ2n) is 5.54. The maximum Gasteiger partial charge on any atom is 0.257 e. The fourth-order valence-corrected chi connectivity index (χ4v) is 2.76. The Morgan fingerprint density at radius 2 is 1.92 bits per heavy atom. The van der Waals surface area contributed by atoms with Crippen LogP contribution in [0.1, 0.15) is 10.4 Å². The molecule has 0 aliphatic carbocycles. The second kappa shape index (κ2) is 5.83. The molecule has 0 aliphatic heterocycles. The van der Waals surface area contributed by atoms with Gasteiger partial charge in [0, 0.05) is 29.1 Å². The van der Waals surface area contributed by atoms with E-state index in [1.807, 2.05) is 30.3 Å². The summed E-state index contributed by atoms with van der Waals surface area (Å²) in [6.07, 6.45) is 1.36. The number of para-hydroxylation sites is 1. The quantitative estimate of drug-likeness (QED) is 0.600. The third-order valence-corrected chi connectivity index (χ3v) is 3.99. The lowest BCUT2D eigenvalue weighted by molar-refractivity contribution is 0.102. The Hall–Kier alpha value is -3.54. The van der Waals surface area contributed by atoms with Gasteiger partial charge in [0.2, 0.25) is 5.56 Å². The molecule has 1 amide bonds. The Kier molecular flexibility index (Phi) is 3.50. The molecule has 2 aromatic carbocycles. The van der Waals surface area contributed by atoms with E-state index in [1.165, 1.54) is 18.3 Å². The third-order valence-electron chi connectivity index (χ3n) is 3.99. The number of methoxy groups -OCH3 is 1. The Labute approximate surface area is 142 Å². The number of carbonyl (C=O) groups is 1. The van der Waals surface area contributed by atoms with Crippen LogP contribution in [0.25, 0.3) is 21.9 Å². The molecule has 4 aromatic rings. The average Bonchev–Trinajstić information content (AvgIpc) is 2.99. The Morgan fingerprint density at radius 3 is 2.68 bits per heavy atom. The van der Waals surface area contributed by atoms with Crippen LogP contribution in [0.4, 0.5) is 5.69 Å². The Bertz CT molecular complexity index is 1140. The number of pyridine rings is 1. The van der Waals surface area contributed by atoms with Gasteiger partial charge < -0.3 is 19.5 Å². The first-order valence-electron chi connectivity index (χ1n) is 7.65. The summed E-state index contributed by atoms with van der Waals surface area (Å²) in [5, 5.41) is 4.68. The molecule has 0 saturated heterocycles. The van der Waals surface area contributed by atoms with Gasteiger partial charge in [0.25, 0.3) is 5.91 Å². The number of amides is 1. The summed E-state index contributed by atoms with van der Waals surface area (Å²) < 4.78 is 11.3. The minimum Gasteiger partial charge on any atom is -0.495 e. The lowest BCUT2D eigenvalue weighted by atomic mass is 10.1. The molecule has 0 unspecified atom stereocenters. The van der Waals surface area contributed by atoms with Crippen molar-refractivity contribution in [1.29, 1.82) is 0 Å². The highest BCUT2D eigenvalue weighted by Crippen LogP contribution is 2.36. The highest BCUT2D eigenvalue weighted by molar-refractivity contribution is 6.09. The number of nitrogens with one attached hydrogen (secondary N) is 2. The lowest BCUT2D eigenvalue weighted by Gasteiger charge is -2.10. The minimum atomic E-state index is -0.356. The van der Waals surface area contributed by atoms with E-state index in [9.17, 15) is 9.59 Å². The van der Waals surface area contributed by atoms with Gasteiger partial charge in [-0.05, 0) is 18.2 Å². The maximum atomic E-state index is 12.4. The molecule has 6 heteroatoms. The zero-order valence-corrected chi connectivity index (χ0v) is 13.3. The van der Waals surface area contributed by atoms with E-state index in [1.54, 1.807) is 13.2 Å². The molecular weight excluding hydrogens is 320 g/mol. The van der Waals surface area contributed by atoms with E-state index in [-0.39, 0.29) is 11.5 Å². The normalized spacial score (nSPS) is 10.9. The number of aromatic amines is 1. The van der Waals surface area contributed by atoms with Gasteiger partial charge in [-0.2, -0.15) is 0 Å². The summed E-state index contributed by atoms with van der Waals surface area (Å²) in [7, 11) is 1.54. The zero-order valence-electron chi connectivity index (χ0n) is 13.3. The largest absolute Gasteiger partial charge is 0.495 e. The Morgan fingerprint density at radius 1 is 1.08 bits per heavy atom. The van der Waals surface area contributed by atoms with E-state index in [0.29, 0.717) is 22.6 Å². The van der Waals surface area contributed by atoms with Crippen LogP contribution in [0.2, 0.25) is 0 Å². The SMILES string of the molecule is COc1cc2c(cc1NC(=O)c1ccc(=O)[nH]c1)oc1ccccc12. The highest BCUT2D eigenvalue weighted by Gasteiger charge is 2.15. The van der Waals surface area contributed by atoms with Crippen molar-refractivity contribution in [2.45, 2.75) is 0 Å². The van der Waals surface area contributed by atoms with E-state index in [2.05, 4.69) is 10.3 Å². The van der Waals surface area contributed by atoms with Crippen molar-refractivity contribution in [1.82, 2.24) is 4.98 Å². The van der Waals surface area contributed by atoms with E-state index < -0.39 is 0 Å². The number of furan rings is 1. The highest BCUT2D eigenvalue weighted by atomic mass is 16.5. The fourth-order valence-electron chi connectivity index (χ4n) is 2.76. The molecule has 2 aromatic heterocycles. The number of ether oxygens (including phenoxy) is 1. The smallest absolute Gasteiger partial charge is 0.257 e. The average molecular weight is 334 g/mol. The predicted molar refractivity (Wildman–Crippen MR) is 95.3 cm³/mol. The first kappa shape index (κ1) is 15.0. The second-order valence-corrected chi connectivity index (χ2v) is 5.54. The first-order valence-corrected chi connectivity index (χ1v) is 7.65. The van der Waals surface area contributed by atoms with Crippen molar-refractivity contribution >= 4 is 33.5 Å². The maximum absolute atomic E-state index is 12.4. The molecule has 6 nitrogen and oxygen atoms in total. The monoisotopic (exact) mass is 334 g/mol. The van der Waals surface area contributed by atoms with Crippen molar-refractivity contribution < 1.29 is 13.9 Å². The summed E-state index contributed by atoms with van der Waals surface area (Å²) in [6.45, 7) is 0. The van der Waals surface area contributed by atoms with Gasteiger partial charge in [0.15, 0.2) is 0 Å². The molecule has 25 heavy (non-hydrogen) atoms. The molecule has 0 aliphatic rings. The van der Waals surface area contributed by atoms with Gasteiger partial charge in [-0.15, -0.1) is 0 Å². The summed E-state index contributed by atoms with van der Waals surface area (Å²) in [5.74, 6) is 0.168. The molecule has 124 valence electrons. The van der Waals surface area contributed by atoms with Gasteiger partial charge in [-0.25, -0.2) is 0 Å². The van der Waals surface area contributed by atoms with E-state index in [4.69, 9.17) is 9.15 Å². The number of hydrogen-bond acceptors (Lipinski definition) is 4. The van der Waals surface area contributed by atoms with Crippen molar-refractivity contribution in [3.05, 3.63) is 70.6 Å². The standard InChI is InChI=1S/C19H14N2O4/c1-24-17-8-13-12-4-2-3-5-15(12)25-16(13)9-14(17)21-19(23)11-6-7-18(22)20-10-11/h2-10H,1H3,(H,20,22)(H,21,23). The van der Waals surface area contributed by atoms with Crippen molar-refractivity contribution in [2.24, 2.45) is 0 Å². The van der Waals surface area contributed by atoms with E-state index >= 15 is 0 Å². The summed E-state index contributed by atoms with van der Waals surface area (Å²) in [5.41, 5.74) is 1.98. The van der Waals surface area contributed by atoms with Crippen LogP contribution in [-0.2, 0) is 0 Å². The lowest BCUT2D eigenvalue weighted by Crippen LogP contribution is -2.15. The number of H-pyrrole nitrogens is 1. The van der Waals surface area contributed by atoms with Crippen LogP contribution in [0.15, 0.2) is 63.9 Å². The molecule has 0 spiro atoms. The van der Waals surface area contributed by atoms with Crippen LogP contribution in [0.5, 0.6) is 5.75 Å².